The van der Waals surface area contributed by atoms with Crippen molar-refractivity contribution >= 4 is 11.6 Å². The van der Waals surface area contributed by atoms with E-state index in [0.717, 1.165) is 11.3 Å². The number of aromatic nitrogens is 2. The van der Waals surface area contributed by atoms with Crippen LogP contribution in [0.5, 0.6) is 0 Å². The van der Waals surface area contributed by atoms with Gasteiger partial charge < -0.3 is 15.0 Å². The molecule has 5 nitrogen and oxygen atoms in total. The summed E-state index contributed by atoms with van der Waals surface area (Å²) in [6.45, 7) is 3.48. The van der Waals surface area contributed by atoms with Crippen molar-refractivity contribution in [2.24, 2.45) is 0 Å². The van der Waals surface area contributed by atoms with Crippen molar-refractivity contribution in [1.29, 1.82) is 0 Å². The van der Waals surface area contributed by atoms with Gasteiger partial charge in [0.05, 0.1) is 12.2 Å². The van der Waals surface area contributed by atoms with E-state index in [1.807, 2.05) is 41.9 Å². The second-order valence-corrected chi connectivity index (χ2v) is 3.76. The number of fused-ring (bicyclic) bond motifs is 1. The van der Waals surface area contributed by atoms with Crippen molar-refractivity contribution in [2.45, 2.75) is 13.5 Å². The van der Waals surface area contributed by atoms with Crippen molar-refractivity contribution in [3.63, 3.8) is 0 Å². The number of pyridine rings is 1. The summed E-state index contributed by atoms with van der Waals surface area (Å²) >= 11 is 0. The van der Waals surface area contributed by atoms with Gasteiger partial charge >= 0.3 is 0 Å². The Morgan fingerprint density at radius 3 is 3.12 bits per heavy atom. The van der Waals surface area contributed by atoms with Crippen LogP contribution < -0.4 is 10.6 Å². The van der Waals surface area contributed by atoms with E-state index in [1.54, 1.807) is 0 Å². The molecule has 0 saturated carbocycles. The molecule has 2 aromatic rings. The number of nitrogens with one attached hydrogen (secondary N) is 2. The van der Waals surface area contributed by atoms with E-state index < -0.39 is 0 Å². The van der Waals surface area contributed by atoms with Crippen molar-refractivity contribution in [3.8, 4) is 0 Å². The fourth-order valence-corrected chi connectivity index (χ4v) is 1.64. The van der Waals surface area contributed by atoms with Gasteiger partial charge in [-0.1, -0.05) is 6.07 Å². The number of carbonyl (C=O) groups excluding carboxylic acids is 1. The van der Waals surface area contributed by atoms with Crippen LogP contribution in [0.4, 0.5) is 0 Å². The molecule has 0 unspecified atom stereocenters. The van der Waals surface area contributed by atoms with E-state index >= 15 is 0 Å². The van der Waals surface area contributed by atoms with E-state index in [9.17, 15) is 4.79 Å². The smallest absolute Gasteiger partial charge is 0.233 e. The molecule has 0 saturated heterocycles. The van der Waals surface area contributed by atoms with Crippen molar-refractivity contribution in [2.75, 3.05) is 13.1 Å². The van der Waals surface area contributed by atoms with Gasteiger partial charge in [0, 0.05) is 25.5 Å². The standard InChI is InChI=1S/C12H16N4O/c1-2-14-12(17)8-13-7-10-9-16-6-4-3-5-11(16)15-10/h3-6,9,13H,2,7-8H2,1H3,(H,14,17). The summed E-state index contributed by atoms with van der Waals surface area (Å²) in [5.74, 6) is 0.0104. The Morgan fingerprint density at radius 2 is 2.35 bits per heavy atom. The fourth-order valence-electron chi connectivity index (χ4n) is 1.64. The lowest BCUT2D eigenvalue weighted by atomic mass is 10.4. The highest BCUT2D eigenvalue weighted by Gasteiger charge is 2.02. The molecule has 1 amide bonds. The Labute approximate surface area is 99.9 Å². The Balaban J connectivity index is 1.89. The Hall–Kier alpha value is -1.88. The summed E-state index contributed by atoms with van der Waals surface area (Å²) in [5.41, 5.74) is 1.85. The molecule has 90 valence electrons. The van der Waals surface area contributed by atoms with E-state index in [4.69, 9.17) is 0 Å². The van der Waals surface area contributed by atoms with E-state index in [1.165, 1.54) is 0 Å². The molecular formula is C12H16N4O. The lowest BCUT2D eigenvalue weighted by Crippen LogP contribution is -2.33. The van der Waals surface area contributed by atoms with Gasteiger partial charge in [-0.2, -0.15) is 0 Å². The maximum absolute atomic E-state index is 11.2. The number of hydrogen-bond donors (Lipinski definition) is 2. The molecule has 0 aliphatic carbocycles. The normalized spacial score (nSPS) is 10.6. The summed E-state index contributed by atoms with van der Waals surface area (Å²) in [4.78, 5) is 15.6. The third-order valence-electron chi connectivity index (χ3n) is 2.38. The van der Waals surface area contributed by atoms with Gasteiger partial charge in [0.2, 0.25) is 5.91 Å². The molecule has 5 heteroatoms. The highest BCUT2D eigenvalue weighted by Crippen LogP contribution is 2.03. The van der Waals surface area contributed by atoms with Gasteiger partial charge in [-0.15, -0.1) is 0 Å². The first-order chi connectivity index (χ1) is 8.29. The summed E-state index contributed by atoms with van der Waals surface area (Å²) in [5, 5.41) is 5.79. The summed E-state index contributed by atoms with van der Waals surface area (Å²) in [6, 6.07) is 5.86. The maximum atomic E-state index is 11.2. The number of rotatable bonds is 5. The summed E-state index contributed by atoms with van der Waals surface area (Å²) in [6.07, 6.45) is 3.91. The van der Waals surface area contributed by atoms with Gasteiger partial charge in [-0.25, -0.2) is 4.98 Å². The zero-order valence-electron chi connectivity index (χ0n) is 9.81. The van der Waals surface area contributed by atoms with Crippen molar-refractivity contribution in [1.82, 2.24) is 20.0 Å². The molecule has 2 N–H and O–H groups in total. The topological polar surface area (TPSA) is 58.4 Å². The highest BCUT2D eigenvalue weighted by molar-refractivity contribution is 5.77. The predicted octanol–water partition coefficient (Wildman–Crippen LogP) is 0.560. The van der Waals surface area contributed by atoms with E-state index in [2.05, 4.69) is 15.6 Å². The van der Waals surface area contributed by atoms with Crippen LogP contribution in [0.1, 0.15) is 12.6 Å². The highest BCUT2D eigenvalue weighted by atomic mass is 16.1. The zero-order valence-corrected chi connectivity index (χ0v) is 9.81. The van der Waals surface area contributed by atoms with Crippen LogP contribution in [0.25, 0.3) is 5.65 Å². The monoisotopic (exact) mass is 232 g/mol. The molecule has 0 atom stereocenters. The van der Waals surface area contributed by atoms with Crippen LogP contribution in [0.3, 0.4) is 0 Å². The van der Waals surface area contributed by atoms with Gasteiger partial charge in [0.25, 0.3) is 0 Å². The van der Waals surface area contributed by atoms with Gasteiger partial charge in [-0.05, 0) is 19.1 Å². The molecule has 0 aliphatic heterocycles. The number of carbonyl (C=O) groups is 1. The van der Waals surface area contributed by atoms with Gasteiger partial charge in [0.15, 0.2) is 0 Å². The van der Waals surface area contributed by atoms with E-state index in [-0.39, 0.29) is 5.91 Å². The average molecular weight is 232 g/mol. The maximum Gasteiger partial charge on any atom is 0.233 e. The second kappa shape index (κ2) is 5.45. The number of imidazole rings is 1. The molecule has 0 bridgehead atoms. The minimum Gasteiger partial charge on any atom is -0.355 e. The molecule has 2 rings (SSSR count). The van der Waals surface area contributed by atoms with Crippen LogP contribution >= 0.6 is 0 Å². The first kappa shape index (κ1) is 11.6. The van der Waals surface area contributed by atoms with E-state index in [0.29, 0.717) is 19.6 Å². The molecule has 0 fully saturated rings. The second-order valence-electron chi connectivity index (χ2n) is 3.76. The largest absolute Gasteiger partial charge is 0.355 e. The van der Waals surface area contributed by atoms with Crippen LogP contribution in [-0.4, -0.2) is 28.4 Å². The molecule has 17 heavy (non-hydrogen) atoms. The number of amides is 1. The van der Waals surface area contributed by atoms with Crippen LogP contribution in [0.2, 0.25) is 0 Å². The van der Waals surface area contributed by atoms with Crippen molar-refractivity contribution in [3.05, 3.63) is 36.3 Å². The van der Waals surface area contributed by atoms with Crippen molar-refractivity contribution < 1.29 is 4.79 Å². The van der Waals surface area contributed by atoms with Crippen LogP contribution in [-0.2, 0) is 11.3 Å². The lowest BCUT2D eigenvalue weighted by Gasteiger charge is -2.02. The third kappa shape index (κ3) is 3.04. The first-order valence-electron chi connectivity index (χ1n) is 5.69. The molecule has 2 heterocycles. The molecule has 0 spiro atoms. The predicted molar refractivity (Wildman–Crippen MR) is 65.6 cm³/mol. The number of likely N-dealkylation sites (N-methyl/N-ethyl adjacent to an activating group) is 1. The zero-order chi connectivity index (χ0) is 12.1. The molecule has 2 aromatic heterocycles. The first-order valence-corrected chi connectivity index (χ1v) is 5.69. The molecule has 0 aliphatic rings. The molecular weight excluding hydrogens is 216 g/mol. The third-order valence-corrected chi connectivity index (χ3v) is 2.38. The lowest BCUT2D eigenvalue weighted by molar-refractivity contribution is -0.120. The molecule has 0 aromatic carbocycles. The molecule has 0 radical (unpaired) electrons. The quantitative estimate of drug-likeness (QED) is 0.792. The Kier molecular flexibility index (Phi) is 3.72. The fraction of sp³-hybridized carbons (Fsp3) is 0.333. The average Bonchev–Trinajstić information content (AvgIpc) is 2.71. The number of nitrogens with zero attached hydrogens (tertiary/aromatic N) is 2. The van der Waals surface area contributed by atoms with Crippen LogP contribution in [0.15, 0.2) is 30.6 Å². The SMILES string of the molecule is CCNC(=O)CNCc1cn2ccccc2n1. The van der Waals surface area contributed by atoms with Crippen LogP contribution in [0, 0.1) is 0 Å². The Bertz CT molecular complexity index is 473. The summed E-state index contributed by atoms with van der Waals surface area (Å²) < 4.78 is 1.96. The number of hydrogen-bond acceptors (Lipinski definition) is 3. The minimum atomic E-state index is 0.0104. The van der Waals surface area contributed by atoms with Gasteiger partial charge in [-0.3, -0.25) is 4.79 Å². The Morgan fingerprint density at radius 1 is 1.47 bits per heavy atom. The minimum absolute atomic E-state index is 0.0104. The van der Waals surface area contributed by atoms with Gasteiger partial charge in [0.1, 0.15) is 5.65 Å². The summed E-state index contributed by atoms with van der Waals surface area (Å²) in [7, 11) is 0.